The lowest BCUT2D eigenvalue weighted by atomic mass is 10.2. The Labute approximate surface area is 110 Å². The number of nitrogen functional groups attached to an aromatic ring is 1. The Balaban J connectivity index is 1.82. The zero-order valence-corrected chi connectivity index (χ0v) is 10.8. The molecule has 96 valence electrons. The third-order valence-corrected chi connectivity index (χ3v) is 3.56. The molecule has 0 atom stereocenters. The van der Waals surface area contributed by atoms with Crippen molar-refractivity contribution in [1.82, 2.24) is 10.3 Å². The smallest absolute Gasteiger partial charge is 0.230 e. The number of nitrogens with two attached hydrogens (primary N) is 1. The van der Waals surface area contributed by atoms with E-state index in [-0.39, 0.29) is 11.7 Å². The van der Waals surface area contributed by atoms with Gasteiger partial charge in [0.1, 0.15) is 11.5 Å². The maximum absolute atomic E-state index is 11.5. The van der Waals surface area contributed by atoms with Crippen LogP contribution < -0.4 is 11.1 Å². The molecular formula is C12H16N4OS. The standard InChI is InChI=1S/C12H16N4OS/c13-12(14)11-8(2-1-5-15-11)6-18-7-10(17)16-9-3-4-9/h1-2,5,9H,3-4,6-7H2,(H3,13,14)(H,16,17). The molecule has 4 N–H and O–H groups in total. The molecule has 1 saturated carbocycles. The van der Waals surface area contributed by atoms with Gasteiger partial charge in [-0.3, -0.25) is 15.2 Å². The van der Waals surface area contributed by atoms with E-state index >= 15 is 0 Å². The summed E-state index contributed by atoms with van der Waals surface area (Å²) in [6.07, 6.45) is 3.83. The van der Waals surface area contributed by atoms with Crippen molar-refractivity contribution >= 4 is 23.5 Å². The highest BCUT2D eigenvalue weighted by Crippen LogP contribution is 2.19. The fourth-order valence-electron chi connectivity index (χ4n) is 1.55. The molecule has 5 nitrogen and oxygen atoms in total. The van der Waals surface area contributed by atoms with Crippen LogP contribution in [0, 0.1) is 5.41 Å². The molecule has 2 rings (SSSR count). The normalized spacial score (nSPS) is 14.2. The highest BCUT2D eigenvalue weighted by Gasteiger charge is 2.22. The van der Waals surface area contributed by atoms with E-state index in [1.165, 1.54) is 11.8 Å². The summed E-state index contributed by atoms with van der Waals surface area (Å²) in [5, 5.41) is 10.4. The van der Waals surface area contributed by atoms with Crippen molar-refractivity contribution < 1.29 is 4.79 Å². The SMILES string of the molecule is N=C(N)c1ncccc1CSCC(=O)NC1CC1. The van der Waals surface area contributed by atoms with Crippen LogP contribution in [0.1, 0.15) is 24.1 Å². The second kappa shape index (κ2) is 5.86. The highest BCUT2D eigenvalue weighted by atomic mass is 32.2. The largest absolute Gasteiger partial charge is 0.382 e. The molecule has 1 heterocycles. The van der Waals surface area contributed by atoms with E-state index in [4.69, 9.17) is 11.1 Å². The Bertz CT molecular complexity index is 459. The summed E-state index contributed by atoms with van der Waals surface area (Å²) < 4.78 is 0. The van der Waals surface area contributed by atoms with E-state index in [2.05, 4.69) is 10.3 Å². The summed E-state index contributed by atoms with van der Waals surface area (Å²) in [5.41, 5.74) is 6.86. The maximum Gasteiger partial charge on any atom is 0.230 e. The minimum absolute atomic E-state index is 0.0337. The molecule has 1 aromatic heterocycles. The van der Waals surface area contributed by atoms with Gasteiger partial charge in [-0.05, 0) is 24.5 Å². The van der Waals surface area contributed by atoms with Gasteiger partial charge in [-0.25, -0.2) is 0 Å². The van der Waals surface area contributed by atoms with Crippen LogP contribution in [0.4, 0.5) is 0 Å². The van der Waals surface area contributed by atoms with Crippen LogP contribution in [0.25, 0.3) is 0 Å². The minimum Gasteiger partial charge on any atom is -0.382 e. The molecule has 18 heavy (non-hydrogen) atoms. The van der Waals surface area contributed by atoms with Crippen LogP contribution >= 0.6 is 11.8 Å². The number of aromatic nitrogens is 1. The lowest BCUT2D eigenvalue weighted by molar-refractivity contribution is -0.118. The maximum atomic E-state index is 11.5. The van der Waals surface area contributed by atoms with Crippen molar-refractivity contribution in [1.29, 1.82) is 5.41 Å². The summed E-state index contributed by atoms with van der Waals surface area (Å²) >= 11 is 1.51. The third kappa shape index (κ3) is 3.73. The molecule has 1 aromatic rings. The van der Waals surface area contributed by atoms with Crippen molar-refractivity contribution in [3.63, 3.8) is 0 Å². The van der Waals surface area contributed by atoms with Gasteiger partial charge in [0.2, 0.25) is 5.91 Å². The van der Waals surface area contributed by atoms with E-state index in [1.54, 1.807) is 6.20 Å². The molecule has 0 radical (unpaired) electrons. The van der Waals surface area contributed by atoms with E-state index in [9.17, 15) is 4.79 Å². The third-order valence-electron chi connectivity index (χ3n) is 2.58. The number of amides is 1. The minimum atomic E-state index is -0.0337. The van der Waals surface area contributed by atoms with Crippen molar-refractivity contribution in [3.05, 3.63) is 29.6 Å². The van der Waals surface area contributed by atoms with E-state index in [1.807, 2.05) is 12.1 Å². The molecular weight excluding hydrogens is 248 g/mol. The van der Waals surface area contributed by atoms with Crippen LogP contribution in [-0.4, -0.2) is 28.5 Å². The molecule has 1 aliphatic rings. The summed E-state index contributed by atoms with van der Waals surface area (Å²) in [6, 6.07) is 4.10. The Kier molecular flexibility index (Phi) is 4.19. The predicted molar refractivity (Wildman–Crippen MR) is 72.6 cm³/mol. The number of nitrogens with one attached hydrogen (secondary N) is 2. The molecule has 1 aliphatic carbocycles. The molecule has 1 amide bonds. The monoisotopic (exact) mass is 264 g/mol. The van der Waals surface area contributed by atoms with Crippen LogP contribution in [0.15, 0.2) is 18.3 Å². The first-order valence-corrected chi connectivity index (χ1v) is 6.97. The molecule has 6 heteroatoms. The number of pyridine rings is 1. The van der Waals surface area contributed by atoms with E-state index < -0.39 is 0 Å². The first-order chi connectivity index (χ1) is 8.66. The van der Waals surface area contributed by atoms with Gasteiger partial charge in [0.25, 0.3) is 0 Å². The fraction of sp³-hybridized carbons (Fsp3) is 0.417. The molecule has 0 unspecified atom stereocenters. The van der Waals surface area contributed by atoms with Crippen LogP contribution in [0.5, 0.6) is 0 Å². The first kappa shape index (κ1) is 12.9. The lowest BCUT2D eigenvalue weighted by Crippen LogP contribution is -2.27. The first-order valence-electron chi connectivity index (χ1n) is 5.82. The molecule has 0 spiro atoms. The van der Waals surface area contributed by atoms with Gasteiger partial charge in [-0.1, -0.05) is 6.07 Å². The van der Waals surface area contributed by atoms with Crippen molar-refractivity contribution in [2.24, 2.45) is 5.73 Å². The zero-order valence-electron chi connectivity index (χ0n) is 9.98. The van der Waals surface area contributed by atoms with E-state index in [0.717, 1.165) is 18.4 Å². The Morgan fingerprint density at radius 2 is 2.39 bits per heavy atom. The molecule has 0 bridgehead atoms. The molecule has 0 aliphatic heterocycles. The number of hydrogen-bond donors (Lipinski definition) is 3. The number of thioether (sulfide) groups is 1. The fourth-order valence-corrected chi connectivity index (χ4v) is 2.37. The number of amidine groups is 1. The number of carbonyl (C=O) groups is 1. The van der Waals surface area contributed by atoms with Gasteiger partial charge in [0.05, 0.1) is 5.75 Å². The molecule has 1 fully saturated rings. The van der Waals surface area contributed by atoms with Crippen LogP contribution in [0.3, 0.4) is 0 Å². The Morgan fingerprint density at radius 1 is 1.61 bits per heavy atom. The Morgan fingerprint density at radius 3 is 3.06 bits per heavy atom. The van der Waals surface area contributed by atoms with Crippen molar-refractivity contribution in [2.45, 2.75) is 24.6 Å². The van der Waals surface area contributed by atoms with Gasteiger partial charge in [0.15, 0.2) is 0 Å². The van der Waals surface area contributed by atoms with Crippen LogP contribution in [0.2, 0.25) is 0 Å². The van der Waals surface area contributed by atoms with Crippen LogP contribution in [-0.2, 0) is 10.5 Å². The summed E-state index contributed by atoms with van der Waals surface area (Å²) in [6.45, 7) is 0. The summed E-state index contributed by atoms with van der Waals surface area (Å²) in [4.78, 5) is 15.6. The zero-order chi connectivity index (χ0) is 13.0. The second-order valence-corrected chi connectivity index (χ2v) is 5.24. The average molecular weight is 264 g/mol. The van der Waals surface area contributed by atoms with Crippen molar-refractivity contribution in [2.75, 3.05) is 5.75 Å². The lowest BCUT2D eigenvalue weighted by Gasteiger charge is -2.07. The van der Waals surface area contributed by atoms with Gasteiger partial charge >= 0.3 is 0 Å². The predicted octanol–water partition coefficient (Wildman–Crippen LogP) is 0.877. The summed E-state index contributed by atoms with van der Waals surface area (Å²) in [5.74, 6) is 1.12. The Hall–Kier alpha value is -1.56. The number of carbonyl (C=O) groups excluding carboxylic acids is 1. The molecule has 0 saturated heterocycles. The number of hydrogen-bond acceptors (Lipinski definition) is 4. The topological polar surface area (TPSA) is 91.9 Å². The van der Waals surface area contributed by atoms with E-state index in [0.29, 0.717) is 23.2 Å². The highest BCUT2D eigenvalue weighted by molar-refractivity contribution is 7.99. The van der Waals surface area contributed by atoms with Gasteiger partial charge in [-0.15, -0.1) is 11.8 Å². The van der Waals surface area contributed by atoms with Crippen molar-refractivity contribution in [3.8, 4) is 0 Å². The summed E-state index contributed by atoms with van der Waals surface area (Å²) in [7, 11) is 0. The molecule has 0 aromatic carbocycles. The van der Waals surface area contributed by atoms with Gasteiger partial charge < -0.3 is 11.1 Å². The number of rotatable bonds is 6. The second-order valence-electron chi connectivity index (χ2n) is 4.26. The van der Waals surface area contributed by atoms with Gasteiger partial charge in [0, 0.05) is 18.0 Å². The van der Waals surface area contributed by atoms with Gasteiger partial charge in [-0.2, -0.15) is 0 Å². The quantitative estimate of drug-likeness (QED) is 0.525. The number of nitrogens with zero attached hydrogens (tertiary/aromatic N) is 1. The average Bonchev–Trinajstić information content (AvgIpc) is 3.13.